The van der Waals surface area contributed by atoms with Gasteiger partial charge in [-0.25, -0.2) is 0 Å². The Morgan fingerprint density at radius 2 is 2.00 bits per heavy atom. The zero-order valence-corrected chi connectivity index (χ0v) is 12.2. The molecule has 0 saturated heterocycles. The molecule has 3 N–H and O–H groups in total. The maximum absolute atomic E-state index is 11.8. The van der Waals surface area contributed by atoms with Crippen LogP contribution in [0.25, 0.3) is 0 Å². The Hall–Kier alpha value is -1.92. The van der Waals surface area contributed by atoms with E-state index in [1.54, 1.807) is 24.3 Å². The third-order valence-corrected chi connectivity index (χ3v) is 2.88. The number of methoxy groups -OCH3 is 1. The van der Waals surface area contributed by atoms with Gasteiger partial charge in [-0.2, -0.15) is 0 Å². The predicted molar refractivity (Wildman–Crippen MR) is 78.9 cm³/mol. The Morgan fingerprint density at radius 3 is 2.62 bits per heavy atom. The monoisotopic (exact) mass is 294 g/mol. The van der Waals surface area contributed by atoms with Gasteiger partial charge in [-0.05, 0) is 18.6 Å². The molecule has 1 aromatic carbocycles. The summed E-state index contributed by atoms with van der Waals surface area (Å²) < 4.78 is 4.96. The second-order valence-corrected chi connectivity index (χ2v) is 4.60. The van der Waals surface area contributed by atoms with E-state index in [0.717, 1.165) is 0 Å². The number of nitrogens with one attached hydrogen (secondary N) is 2. The third kappa shape index (κ3) is 6.87. The summed E-state index contributed by atoms with van der Waals surface area (Å²) in [6, 6.07) is 8.62. The molecule has 0 spiro atoms. The lowest BCUT2D eigenvalue weighted by molar-refractivity contribution is -0.122. The summed E-state index contributed by atoms with van der Waals surface area (Å²) in [6.45, 7) is 0.597. The number of rotatable bonds is 9. The Bertz CT molecular complexity index is 431. The van der Waals surface area contributed by atoms with Gasteiger partial charge in [0.15, 0.2) is 0 Å². The van der Waals surface area contributed by atoms with Crippen molar-refractivity contribution in [3.8, 4) is 0 Å². The number of aliphatic hydroxyl groups excluding tert-OH is 1. The van der Waals surface area contributed by atoms with Gasteiger partial charge < -0.3 is 20.5 Å². The van der Waals surface area contributed by atoms with E-state index in [1.807, 2.05) is 6.07 Å². The molecule has 116 valence electrons. The number of carbonyl (C=O) groups excluding carboxylic acids is 2. The van der Waals surface area contributed by atoms with Crippen LogP contribution in [0.2, 0.25) is 0 Å². The van der Waals surface area contributed by atoms with Crippen LogP contribution in [0.4, 0.5) is 0 Å². The van der Waals surface area contributed by atoms with E-state index in [1.165, 1.54) is 7.11 Å². The Morgan fingerprint density at radius 1 is 1.29 bits per heavy atom. The van der Waals surface area contributed by atoms with Crippen LogP contribution in [0.1, 0.15) is 23.2 Å². The van der Waals surface area contributed by atoms with Gasteiger partial charge in [0.1, 0.15) is 0 Å². The summed E-state index contributed by atoms with van der Waals surface area (Å²) in [5, 5.41) is 14.3. The molecule has 21 heavy (non-hydrogen) atoms. The van der Waals surface area contributed by atoms with E-state index in [9.17, 15) is 9.59 Å². The van der Waals surface area contributed by atoms with E-state index in [2.05, 4.69) is 10.6 Å². The van der Waals surface area contributed by atoms with E-state index >= 15 is 0 Å². The molecule has 0 aliphatic heterocycles. The minimum absolute atomic E-state index is 0.0148. The number of ether oxygens (including phenoxy) is 1. The largest absolute Gasteiger partial charge is 0.396 e. The van der Waals surface area contributed by atoms with Crippen LogP contribution >= 0.6 is 0 Å². The molecule has 1 atom stereocenters. The molecule has 1 unspecified atom stereocenters. The third-order valence-electron chi connectivity index (χ3n) is 2.88. The number of hydrogen-bond acceptors (Lipinski definition) is 4. The fourth-order valence-electron chi connectivity index (χ4n) is 1.84. The van der Waals surface area contributed by atoms with Crippen LogP contribution in [-0.2, 0) is 9.53 Å². The molecule has 0 aliphatic rings. The van der Waals surface area contributed by atoms with E-state index in [4.69, 9.17) is 9.84 Å². The molecule has 0 bridgehead atoms. The lowest BCUT2D eigenvalue weighted by Gasteiger charge is -2.16. The second-order valence-electron chi connectivity index (χ2n) is 4.60. The predicted octanol–water partition coefficient (Wildman–Crippen LogP) is 0.320. The van der Waals surface area contributed by atoms with Crippen molar-refractivity contribution < 1.29 is 19.4 Å². The summed E-state index contributed by atoms with van der Waals surface area (Å²) in [5.41, 5.74) is 0.565. The topological polar surface area (TPSA) is 87.7 Å². The van der Waals surface area contributed by atoms with Crippen molar-refractivity contribution >= 4 is 11.8 Å². The minimum Gasteiger partial charge on any atom is -0.396 e. The fourth-order valence-corrected chi connectivity index (χ4v) is 1.84. The Balaban J connectivity index is 2.28. The molecule has 1 aromatic rings. The van der Waals surface area contributed by atoms with Crippen molar-refractivity contribution in [2.75, 3.05) is 26.9 Å². The number of amides is 2. The van der Waals surface area contributed by atoms with Crippen molar-refractivity contribution in [3.63, 3.8) is 0 Å². The van der Waals surface area contributed by atoms with Gasteiger partial charge in [0.05, 0.1) is 12.6 Å². The van der Waals surface area contributed by atoms with Crippen molar-refractivity contribution in [2.45, 2.75) is 18.9 Å². The normalized spacial score (nSPS) is 11.7. The average molecular weight is 294 g/mol. The molecular formula is C15H22N2O4. The van der Waals surface area contributed by atoms with E-state index in [0.29, 0.717) is 18.6 Å². The fraction of sp³-hybridized carbons (Fsp3) is 0.467. The van der Waals surface area contributed by atoms with Gasteiger partial charge in [-0.1, -0.05) is 18.2 Å². The zero-order valence-electron chi connectivity index (χ0n) is 12.2. The summed E-state index contributed by atoms with van der Waals surface area (Å²) in [5.74, 6) is -0.383. The highest BCUT2D eigenvalue weighted by atomic mass is 16.5. The van der Waals surface area contributed by atoms with E-state index in [-0.39, 0.29) is 37.4 Å². The van der Waals surface area contributed by atoms with Crippen LogP contribution in [0, 0.1) is 0 Å². The second kappa shape index (κ2) is 9.90. The van der Waals surface area contributed by atoms with Crippen LogP contribution in [0.5, 0.6) is 0 Å². The first-order valence-corrected chi connectivity index (χ1v) is 6.89. The highest BCUT2D eigenvalue weighted by molar-refractivity contribution is 5.94. The van der Waals surface area contributed by atoms with Crippen molar-refractivity contribution in [3.05, 3.63) is 35.9 Å². The summed E-state index contributed by atoms with van der Waals surface area (Å²) in [4.78, 5) is 23.5. The number of carbonyl (C=O) groups is 2. The number of benzene rings is 1. The van der Waals surface area contributed by atoms with Crippen LogP contribution < -0.4 is 10.6 Å². The van der Waals surface area contributed by atoms with Gasteiger partial charge in [0.25, 0.3) is 5.91 Å². The molecule has 2 amide bonds. The van der Waals surface area contributed by atoms with Gasteiger partial charge in [-0.15, -0.1) is 0 Å². The lowest BCUT2D eigenvalue weighted by atomic mass is 10.2. The summed E-state index contributed by atoms with van der Waals surface area (Å²) in [6.07, 6.45) is 0.625. The highest BCUT2D eigenvalue weighted by Gasteiger charge is 2.12. The maximum Gasteiger partial charge on any atom is 0.251 e. The molecule has 6 nitrogen and oxygen atoms in total. The molecule has 0 radical (unpaired) electrons. The molecular weight excluding hydrogens is 272 g/mol. The smallest absolute Gasteiger partial charge is 0.251 e. The summed E-state index contributed by atoms with van der Waals surface area (Å²) in [7, 11) is 1.54. The van der Waals surface area contributed by atoms with Gasteiger partial charge >= 0.3 is 0 Å². The average Bonchev–Trinajstić information content (AvgIpc) is 2.48. The molecule has 0 aliphatic carbocycles. The van der Waals surface area contributed by atoms with E-state index < -0.39 is 0 Å². The highest BCUT2D eigenvalue weighted by Crippen LogP contribution is 1.98. The SMILES string of the molecule is COCC(CCO)NC(=O)CCNC(=O)c1ccccc1. The van der Waals surface area contributed by atoms with Crippen LogP contribution in [0.15, 0.2) is 30.3 Å². The number of aliphatic hydroxyl groups is 1. The first kappa shape index (κ1) is 17.1. The first-order valence-electron chi connectivity index (χ1n) is 6.89. The molecule has 0 saturated carbocycles. The molecule has 6 heteroatoms. The van der Waals surface area contributed by atoms with Gasteiger partial charge in [-0.3, -0.25) is 9.59 Å². The van der Waals surface area contributed by atoms with Crippen molar-refractivity contribution in [1.82, 2.24) is 10.6 Å². The summed E-state index contributed by atoms with van der Waals surface area (Å²) >= 11 is 0. The number of hydrogen-bond donors (Lipinski definition) is 3. The Labute approximate surface area is 124 Å². The lowest BCUT2D eigenvalue weighted by Crippen LogP contribution is -2.40. The molecule has 0 aromatic heterocycles. The van der Waals surface area contributed by atoms with Crippen molar-refractivity contribution in [2.24, 2.45) is 0 Å². The van der Waals surface area contributed by atoms with Gasteiger partial charge in [0, 0.05) is 32.2 Å². The van der Waals surface area contributed by atoms with Crippen molar-refractivity contribution in [1.29, 1.82) is 0 Å². The van der Waals surface area contributed by atoms with Crippen LogP contribution in [-0.4, -0.2) is 49.8 Å². The molecule has 1 rings (SSSR count). The van der Waals surface area contributed by atoms with Gasteiger partial charge in [0.2, 0.25) is 5.91 Å². The standard InChI is InChI=1S/C15H22N2O4/c1-21-11-13(8-10-18)17-14(19)7-9-16-15(20)12-5-3-2-4-6-12/h2-6,13,18H,7-11H2,1H3,(H,16,20)(H,17,19). The zero-order chi connectivity index (χ0) is 15.5. The minimum atomic E-state index is -0.211. The maximum atomic E-state index is 11.8. The quantitative estimate of drug-likeness (QED) is 0.612. The Kier molecular flexibility index (Phi) is 8.08. The van der Waals surface area contributed by atoms with Crippen LogP contribution in [0.3, 0.4) is 0 Å². The molecule has 0 fully saturated rings. The first-order chi connectivity index (χ1) is 10.2. The molecule has 0 heterocycles.